The van der Waals surface area contributed by atoms with Crippen molar-refractivity contribution in [3.63, 3.8) is 0 Å². The highest BCUT2D eigenvalue weighted by atomic mass is 16.5. The van der Waals surface area contributed by atoms with Crippen LogP contribution in [0.3, 0.4) is 0 Å². The van der Waals surface area contributed by atoms with E-state index in [9.17, 15) is 4.79 Å². The van der Waals surface area contributed by atoms with Gasteiger partial charge in [0.05, 0.1) is 11.8 Å². The molecule has 0 atom stereocenters. The lowest BCUT2D eigenvalue weighted by Crippen LogP contribution is -2.01. The summed E-state index contributed by atoms with van der Waals surface area (Å²) in [6.45, 7) is 6.57. The predicted octanol–water partition coefficient (Wildman–Crippen LogP) is 4.83. The van der Waals surface area contributed by atoms with E-state index in [-0.39, 0.29) is 0 Å². The first kappa shape index (κ1) is 17.0. The molecule has 4 heteroatoms. The zero-order valence-corrected chi connectivity index (χ0v) is 14.8. The minimum Gasteiger partial charge on any atom is -0.488 e. The molecule has 0 amide bonds. The molecule has 128 valence electrons. The Balaban J connectivity index is 1.89. The van der Waals surface area contributed by atoms with Gasteiger partial charge in [-0.1, -0.05) is 30.3 Å². The number of hydrogen-bond acceptors (Lipinski definition) is 3. The standard InChI is InChI=1S/C21H22N2O2/c1-15(2)23-12-20(11-22-23)18-9-16(3)21(19(10-18)13-24)25-14-17-7-5-4-6-8-17/h4-13,15H,14H2,1-3H3. The monoisotopic (exact) mass is 334 g/mol. The Morgan fingerprint density at radius 3 is 2.56 bits per heavy atom. The third kappa shape index (κ3) is 3.79. The number of aromatic nitrogens is 2. The molecule has 1 heterocycles. The molecule has 2 aromatic carbocycles. The number of ether oxygens (including phenoxy) is 1. The van der Waals surface area contributed by atoms with Crippen LogP contribution in [0.5, 0.6) is 5.75 Å². The molecule has 25 heavy (non-hydrogen) atoms. The Labute approximate surface area is 148 Å². The second-order valence-electron chi connectivity index (χ2n) is 6.41. The average Bonchev–Trinajstić information content (AvgIpc) is 3.11. The summed E-state index contributed by atoms with van der Waals surface area (Å²) in [7, 11) is 0. The van der Waals surface area contributed by atoms with Crippen molar-refractivity contribution >= 4 is 6.29 Å². The van der Waals surface area contributed by atoms with Crippen molar-refractivity contribution in [2.24, 2.45) is 0 Å². The summed E-state index contributed by atoms with van der Waals surface area (Å²) in [4.78, 5) is 11.6. The van der Waals surface area contributed by atoms with Gasteiger partial charge < -0.3 is 4.74 Å². The summed E-state index contributed by atoms with van der Waals surface area (Å²) in [6.07, 6.45) is 4.68. The van der Waals surface area contributed by atoms with Crippen molar-refractivity contribution in [2.45, 2.75) is 33.4 Å². The molecule has 0 unspecified atom stereocenters. The molecule has 0 saturated heterocycles. The highest BCUT2D eigenvalue weighted by Gasteiger charge is 2.12. The number of nitrogens with zero attached hydrogens (tertiary/aromatic N) is 2. The van der Waals surface area contributed by atoms with Crippen molar-refractivity contribution in [3.05, 3.63) is 71.5 Å². The van der Waals surface area contributed by atoms with Gasteiger partial charge in [0.2, 0.25) is 0 Å². The molecule has 0 aliphatic carbocycles. The van der Waals surface area contributed by atoms with Crippen molar-refractivity contribution in [1.29, 1.82) is 0 Å². The van der Waals surface area contributed by atoms with Gasteiger partial charge in [0.15, 0.2) is 6.29 Å². The number of carbonyl (C=O) groups is 1. The Kier molecular flexibility index (Phi) is 4.98. The van der Waals surface area contributed by atoms with Crippen LogP contribution in [-0.2, 0) is 6.61 Å². The number of carbonyl (C=O) groups excluding carboxylic acids is 1. The molecular weight excluding hydrogens is 312 g/mol. The molecule has 3 rings (SSSR count). The molecule has 1 aromatic heterocycles. The fraction of sp³-hybridized carbons (Fsp3) is 0.238. The van der Waals surface area contributed by atoms with E-state index in [1.165, 1.54) is 0 Å². The van der Waals surface area contributed by atoms with Gasteiger partial charge in [0.1, 0.15) is 12.4 Å². The fourth-order valence-electron chi connectivity index (χ4n) is 2.75. The number of hydrogen-bond donors (Lipinski definition) is 0. The van der Waals surface area contributed by atoms with Gasteiger partial charge in [0, 0.05) is 17.8 Å². The van der Waals surface area contributed by atoms with E-state index in [1.54, 1.807) is 0 Å². The van der Waals surface area contributed by atoms with Gasteiger partial charge in [-0.05, 0) is 49.6 Å². The van der Waals surface area contributed by atoms with E-state index in [0.717, 1.165) is 28.5 Å². The Morgan fingerprint density at radius 1 is 1.16 bits per heavy atom. The van der Waals surface area contributed by atoms with Gasteiger partial charge in [0.25, 0.3) is 0 Å². The van der Waals surface area contributed by atoms with E-state index in [4.69, 9.17) is 4.74 Å². The lowest BCUT2D eigenvalue weighted by molar-refractivity contribution is 0.111. The van der Waals surface area contributed by atoms with Gasteiger partial charge in [-0.25, -0.2) is 0 Å². The van der Waals surface area contributed by atoms with Crippen LogP contribution >= 0.6 is 0 Å². The summed E-state index contributed by atoms with van der Waals surface area (Å²) < 4.78 is 7.83. The van der Waals surface area contributed by atoms with E-state index < -0.39 is 0 Å². The maximum atomic E-state index is 11.6. The van der Waals surface area contributed by atoms with Gasteiger partial charge in [-0.15, -0.1) is 0 Å². The molecule has 0 aliphatic heterocycles. The first-order valence-corrected chi connectivity index (χ1v) is 8.39. The normalized spacial score (nSPS) is 10.9. The molecule has 0 saturated carbocycles. The highest BCUT2D eigenvalue weighted by molar-refractivity contribution is 5.84. The molecule has 0 aliphatic rings. The van der Waals surface area contributed by atoms with Crippen LogP contribution in [0, 0.1) is 6.92 Å². The quantitative estimate of drug-likeness (QED) is 0.606. The second-order valence-corrected chi connectivity index (χ2v) is 6.41. The summed E-state index contributed by atoms with van der Waals surface area (Å²) in [5.41, 5.74) is 4.53. The minimum atomic E-state index is 0.300. The van der Waals surface area contributed by atoms with Crippen LogP contribution in [0.2, 0.25) is 0 Å². The molecule has 0 N–H and O–H groups in total. The van der Waals surface area contributed by atoms with Gasteiger partial charge >= 0.3 is 0 Å². The molecule has 0 radical (unpaired) electrons. The van der Waals surface area contributed by atoms with Crippen LogP contribution in [-0.4, -0.2) is 16.1 Å². The number of benzene rings is 2. The first-order chi connectivity index (χ1) is 12.1. The number of aryl methyl sites for hydroxylation is 1. The summed E-state index contributed by atoms with van der Waals surface area (Å²) in [6, 6.07) is 14.1. The third-order valence-electron chi connectivity index (χ3n) is 4.12. The highest BCUT2D eigenvalue weighted by Crippen LogP contribution is 2.30. The van der Waals surface area contributed by atoms with Crippen molar-refractivity contribution < 1.29 is 9.53 Å². The molecule has 0 bridgehead atoms. The van der Waals surface area contributed by atoms with Crippen molar-refractivity contribution in [1.82, 2.24) is 9.78 Å². The molecule has 3 aromatic rings. The largest absolute Gasteiger partial charge is 0.488 e. The SMILES string of the molecule is Cc1cc(-c2cnn(C(C)C)c2)cc(C=O)c1OCc1ccccc1. The van der Waals surface area contributed by atoms with E-state index in [1.807, 2.05) is 66.5 Å². The lowest BCUT2D eigenvalue weighted by atomic mass is 10.0. The Bertz CT molecular complexity index is 867. The fourth-order valence-corrected chi connectivity index (χ4v) is 2.75. The first-order valence-electron chi connectivity index (χ1n) is 8.39. The molecule has 0 spiro atoms. The van der Waals surface area contributed by atoms with E-state index in [2.05, 4.69) is 18.9 Å². The molecule has 0 fully saturated rings. The second kappa shape index (κ2) is 7.34. The zero-order chi connectivity index (χ0) is 17.8. The van der Waals surface area contributed by atoms with Crippen molar-refractivity contribution in [2.75, 3.05) is 0 Å². The number of aldehydes is 1. The zero-order valence-electron chi connectivity index (χ0n) is 14.8. The van der Waals surface area contributed by atoms with Crippen LogP contribution in [0.25, 0.3) is 11.1 Å². The van der Waals surface area contributed by atoms with Crippen LogP contribution in [0.15, 0.2) is 54.9 Å². The summed E-state index contributed by atoms with van der Waals surface area (Å²) in [5.74, 6) is 0.638. The Hall–Kier alpha value is -2.88. The van der Waals surface area contributed by atoms with Gasteiger partial charge in [-0.3, -0.25) is 9.48 Å². The average molecular weight is 334 g/mol. The maximum absolute atomic E-state index is 11.6. The van der Waals surface area contributed by atoms with E-state index >= 15 is 0 Å². The summed E-state index contributed by atoms with van der Waals surface area (Å²) >= 11 is 0. The number of rotatable bonds is 6. The van der Waals surface area contributed by atoms with Crippen LogP contribution < -0.4 is 4.74 Å². The van der Waals surface area contributed by atoms with Gasteiger partial charge in [-0.2, -0.15) is 5.10 Å². The topological polar surface area (TPSA) is 44.1 Å². The third-order valence-corrected chi connectivity index (χ3v) is 4.12. The summed E-state index contributed by atoms with van der Waals surface area (Å²) in [5, 5.41) is 4.37. The predicted molar refractivity (Wildman–Crippen MR) is 98.9 cm³/mol. The smallest absolute Gasteiger partial charge is 0.153 e. The van der Waals surface area contributed by atoms with Crippen LogP contribution in [0.1, 0.15) is 41.4 Å². The maximum Gasteiger partial charge on any atom is 0.153 e. The van der Waals surface area contributed by atoms with Crippen LogP contribution in [0.4, 0.5) is 0 Å². The Morgan fingerprint density at radius 2 is 1.92 bits per heavy atom. The van der Waals surface area contributed by atoms with E-state index in [0.29, 0.717) is 24.0 Å². The molecular formula is C21H22N2O2. The lowest BCUT2D eigenvalue weighted by Gasteiger charge is -2.13. The molecule has 4 nitrogen and oxygen atoms in total. The van der Waals surface area contributed by atoms with Crippen molar-refractivity contribution in [3.8, 4) is 16.9 Å². The minimum absolute atomic E-state index is 0.300.